The minimum absolute atomic E-state index is 0.110. The number of hydrogen-bond donors (Lipinski definition) is 1. The Bertz CT molecular complexity index is 384. The fourth-order valence-electron chi connectivity index (χ4n) is 1.28. The zero-order valence-corrected chi connectivity index (χ0v) is 10.0. The Kier molecular flexibility index (Phi) is 4.64. The zero-order chi connectivity index (χ0) is 12.1. The van der Waals surface area contributed by atoms with Gasteiger partial charge in [0.1, 0.15) is 22.7 Å². The minimum Gasteiger partial charge on any atom is -0.488 e. The summed E-state index contributed by atoms with van der Waals surface area (Å²) in [5.74, 6) is 0.0768. The van der Waals surface area contributed by atoms with E-state index < -0.39 is 5.82 Å². The maximum Gasteiger partial charge on any atom is 0.130 e. The zero-order valence-electron chi connectivity index (χ0n) is 9.20. The lowest BCUT2D eigenvalue weighted by molar-refractivity contribution is 0.0919. The van der Waals surface area contributed by atoms with E-state index >= 15 is 0 Å². The van der Waals surface area contributed by atoms with Crippen LogP contribution in [0.5, 0.6) is 5.75 Å². The third-order valence-corrected chi connectivity index (χ3v) is 2.16. The predicted molar refractivity (Wildman–Crippen MR) is 64.3 cm³/mol. The van der Waals surface area contributed by atoms with Crippen LogP contribution in [0.2, 0.25) is 0 Å². The van der Waals surface area contributed by atoms with Crippen LogP contribution in [0, 0.1) is 5.82 Å². The average Bonchev–Trinajstić information content (AvgIpc) is 2.20. The second kappa shape index (κ2) is 5.77. The van der Waals surface area contributed by atoms with Gasteiger partial charge in [-0.05, 0) is 25.1 Å². The quantitative estimate of drug-likeness (QED) is 0.802. The lowest BCUT2D eigenvalue weighted by atomic mass is 10.2. The van der Waals surface area contributed by atoms with Crippen LogP contribution in [0.25, 0.3) is 0 Å². The monoisotopic (exact) mass is 243 g/mol. The van der Waals surface area contributed by atoms with Crippen molar-refractivity contribution in [2.75, 3.05) is 13.7 Å². The lowest BCUT2D eigenvalue weighted by Gasteiger charge is -2.16. The van der Waals surface area contributed by atoms with Crippen molar-refractivity contribution in [2.24, 2.45) is 5.73 Å². The number of rotatable bonds is 5. The van der Waals surface area contributed by atoms with Crippen molar-refractivity contribution >= 4 is 17.2 Å². The number of nitrogens with two attached hydrogens (primary N) is 1. The summed E-state index contributed by atoms with van der Waals surface area (Å²) in [4.78, 5) is 0.110. The smallest absolute Gasteiger partial charge is 0.130 e. The van der Waals surface area contributed by atoms with Crippen LogP contribution in [0.15, 0.2) is 18.2 Å². The summed E-state index contributed by atoms with van der Waals surface area (Å²) in [5, 5.41) is 0. The predicted octanol–water partition coefficient (Wildman–Crippen LogP) is 1.87. The first-order chi connectivity index (χ1) is 7.54. The summed E-state index contributed by atoms with van der Waals surface area (Å²) in [5.41, 5.74) is 5.89. The molecule has 0 fully saturated rings. The SMILES string of the molecule is COCC(C)Oc1ccc(F)cc1C(N)=S. The molecule has 1 rings (SSSR count). The van der Waals surface area contributed by atoms with Crippen molar-refractivity contribution in [3.05, 3.63) is 29.6 Å². The normalized spacial score (nSPS) is 12.2. The molecular formula is C11H14FNO2S. The molecular weight excluding hydrogens is 229 g/mol. The summed E-state index contributed by atoms with van der Waals surface area (Å²) >= 11 is 4.83. The maximum atomic E-state index is 13.0. The summed E-state index contributed by atoms with van der Waals surface area (Å²) in [6, 6.07) is 4.07. The second-order valence-corrected chi connectivity index (χ2v) is 3.83. The van der Waals surface area contributed by atoms with Crippen LogP contribution in [-0.2, 0) is 4.74 Å². The molecule has 3 nitrogen and oxygen atoms in total. The van der Waals surface area contributed by atoms with Gasteiger partial charge in [0.05, 0.1) is 12.2 Å². The number of methoxy groups -OCH3 is 1. The van der Waals surface area contributed by atoms with Gasteiger partial charge in [-0.15, -0.1) is 0 Å². The van der Waals surface area contributed by atoms with Gasteiger partial charge < -0.3 is 15.2 Å². The van der Waals surface area contributed by atoms with Gasteiger partial charge in [0.2, 0.25) is 0 Å². The van der Waals surface area contributed by atoms with E-state index in [0.717, 1.165) is 0 Å². The van der Waals surface area contributed by atoms with E-state index in [1.54, 1.807) is 7.11 Å². The molecule has 0 spiro atoms. The molecule has 1 unspecified atom stereocenters. The van der Waals surface area contributed by atoms with Crippen LogP contribution < -0.4 is 10.5 Å². The number of ether oxygens (including phenoxy) is 2. The molecule has 88 valence electrons. The fourth-order valence-corrected chi connectivity index (χ4v) is 1.44. The summed E-state index contributed by atoms with van der Waals surface area (Å²) in [7, 11) is 1.58. The molecule has 1 aromatic carbocycles. The summed E-state index contributed by atoms with van der Waals surface area (Å²) < 4.78 is 23.5. The van der Waals surface area contributed by atoms with Crippen LogP contribution in [0.3, 0.4) is 0 Å². The Morgan fingerprint density at radius 3 is 2.81 bits per heavy atom. The molecule has 16 heavy (non-hydrogen) atoms. The van der Waals surface area contributed by atoms with E-state index in [1.807, 2.05) is 6.92 Å². The van der Waals surface area contributed by atoms with Crippen LogP contribution in [-0.4, -0.2) is 24.8 Å². The highest BCUT2D eigenvalue weighted by Crippen LogP contribution is 2.20. The third-order valence-electron chi connectivity index (χ3n) is 1.94. The minimum atomic E-state index is -0.394. The van der Waals surface area contributed by atoms with Crippen LogP contribution in [0.4, 0.5) is 4.39 Å². The first-order valence-corrected chi connectivity index (χ1v) is 5.20. The highest BCUT2D eigenvalue weighted by Gasteiger charge is 2.11. The van der Waals surface area contributed by atoms with Gasteiger partial charge in [-0.1, -0.05) is 12.2 Å². The second-order valence-electron chi connectivity index (χ2n) is 3.39. The molecule has 0 heterocycles. The molecule has 1 aromatic rings. The summed E-state index contributed by atoms with van der Waals surface area (Å²) in [6.07, 6.45) is -0.149. The molecule has 0 saturated heterocycles. The third kappa shape index (κ3) is 3.43. The van der Waals surface area contributed by atoms with Crippen LogP contribution in [0.1, 0.15) is 12.5 Å². The van der Waals surface area contributed by atoms with Gasteiger partial charge in [-0.3, -0.25) is 0 Å². The highest BCUT2D eigenvalue weighted by atomic mass is 32.1. The van der Waals surface area contributed by atoms with Crippen molar-refractivity contribution in [3.63, 3.8) is 0 Å². The van der Waals surface area contributed by atoms with Crippen molar-refractivity contribution in [2.45, 2.75) is 13.0 Å². The topological polar surface area (TPSA) is 44.5 Å². The van der Waals surface area contributed by atoms with Gasteiger partial charge in [0.25, 0.3) is 0 Å². The van der Waals surface area contributed by atoms with E-state index in [1.165, 1.54) is 18.2 Å². The highest BCUT2D eigenvalue weighted by molar-refractivity contribution is 7.80. The van der Waals surface area contributed by atoms with Gasteiger partial charge in [-0.25, -0.2) is 4.39 Å². The van der Waals surface area contributed by atoms with Gasteiger partial charge >= 0.3 is 0 Å². The van der Waals surface area contributed by atoms with E-state index in [-0.39, 0.29) is 11.1 Å². The lowest BCUT2D eigenvalue weighted by Crippen LogP contribution is -2.20. The molecule has 2 N–H and O–H groups in total. The Morgan fingerprint density at radius 1 is 1.56 bits per heavy atom. The molecule has 0 saturated carbocycles. The first-order valence-electron chi connectivity index (χ1n) is 4.79. The number of halogens is 1. The fraction of sp³-hybridized carbons (Fsp3) is 0.364. The number of hydrogen-bond acceptors (Lipinski definition) is 3. The van der Waals surface area contributed by atoms with Crippen LogP contribution >= 0.6 is 12.2 Å². The summed E-state index contributed by atoms with van der Waals surface area (Å²) in [6.45, 7) is 2.28. The van der Waals surface area contributed by atoms with Crippen molar-refractivity contribution < 1.29 is 13.9 Å². The van der Waals surface area contributed by atoms with Gasteiger partial charge in [0, 0.05) is 7.11 Å². The molecule has 0 bridgehead atoms. The Morgan fingerprint density at radius 2 is 2.25 bits per heavy atom. The molecule has 0 amide bonds. The van der Waals surface area contributed by atoms with E-state index in [0.29, 0.717) is 17.9 Å². The number of thiocarbonyl (C=S) groups is 1. The molecule has 0 aliphatic carbocycles. The Hall–Kier alpha value is -1.20. The van der Waals surface area contributed by atoms with E-state index in [9.17, 15) is 4.39 Å². The van der Waals surface area contributed by atoms with Crippen molar-refractivity contribution in [1.29, 1.82) is 0 Å². The van der Waals surface area contributed by atoms with Crippen molar-refractivity contribution in [1.82, 2.24) is 0 Å². The molecule has 0 radical (unpaired) electrons. The molecule has 0 aromatic heterocycles. The molecule has 1 atom stereocenters. The van der Waals surface area contributed by atoms with Gasteiger partial charge in [-0.2, -0.15) is 0 Å². The van der Waals surface area contributed by atoms with Crippen molar-refractivity contribution in [3.8, 4) is 5.75 Å². The van der Waals surface area contributed by atoms with Gasteiger partial charge in [0.15, 0.2) is 0 Å². The number of benzene rings is 1. The molecule has 0 aliphatic rings. The standard InChI is InChI=1S/C11H14FNO2S/c1-7(6-14-2)15-10-4-3-8(12)5-9(10)11(13)16/h3-5,7H,6H2,1-2H3,(H2,13,16). The largest absolute Gasteiger partial charge is 0.488 e. The first kappa shape index (κ1) is 12.9. The Labute approximate surface area is 99.3 Å². The Balaban J connectivity index is 2.90. The average molecular weight is 243 g/mol. The van der Waals surface area contributed by atoms with E-state index in [2.05, 4.69) is 0 Å². The maximum absolute atomic E-state index is 13.0. The molecule has 5 heteroatoms. The van der Waals surface area contributed by atoms with E-state index in [4.69, 9.17) is 27.4 Å². The molecule has 0 aliphatic heterocycles.